The molecule has 0 aliphatic heterocycles. The van der Waals surface area contributed by atoms with Gasteiger partial charge in [0, 0.05) is 13.7 Å². The van der Waals surface area contributed by atoms with Crippen molar-refractivity contribution in [1.82, 2.24) is 9.78 Å². The van der Waals surface area contributed by atoms with Crippen molar-refractivity contribution in [3.63, 3.8) is 0 Å². The summed E-state index contributed by atoms with van der Waals surface area (Å²) in [7, 11) is 1.68. The van der Waals surface area contributed by atoms with E-state index in [1.165, 1.54) is 5.56 Å². The van der Waals surface area contributed by atoms with Crippen molar-refractivity contribution in [3.8, 4) is 0 Å². The molecule has 2 aromatic rings. The number of rotatable bonds is 6. The van der Waals surface area contributed by atoms with Gasteiger partial charge in [0.2, 0.25) is 0 Å². The Labute approximate surface area is 112 Å². The van der Waals surface area contributed by atoms with Crippen LogP contribution in [0.4, 0.5) is 0 Å². The average Bonchev–Trinajstić information content (AvgIpc) is 2.72. The topological polar surface area (TPSA) is 29.9 Å². The third-order valence-corrected chi connectivity index (χ3v) is 3.17. The number of methoxy groups -OCH3 is 1. The molecule has 0 spiro atoms. The Bertz CT molecular complexity index is 530. The number of hydrogen-bond acceptors (Lipinski definition) is 2. The molecule has 0 atom stereocenters. The van der Waals surface area contributed by atoms with Crippen molar-refractivity contribution < 1.29 is 4.74 Å². The first-order valence-corrected chi connectivity index (χ1v) is 6.52. The molecule has 3 nitrogen and oxygen atoms in total. The minimum absolute atomic E-state index is 0.579. The van der Waals surface area contributed by atoms with Gasteiger partial charge in [0.05, 0.1) is 12.3 Å². The number of aromatic nitrogens is 2. The summed E-state index contributed by atoms with van der Waals surface area (Å²) in [5, 5.41) is 3.26. The van der Waals surface area contributed by atoms with Gasteiger partial charge in [-0.25, -0.2) is 0 Å². The monoisotopic (exact) mass is 262 g/mol. The molecule has 0 radical (unpaired) electrons. The Balaban J connectivity index is 1.88. The molecule has 0 bridgehead atoms. The van der Waals surface area contributed by atoms with Crippen LogP contribution in [0, 0.1) is 4.64 Å². The molecular formula is C14H18N2OS. The summed E-state index contributed by atoms with van der Waals surface area (Å²) in [6.07, 6.45) is 2.15. The van der Waals surface area contributed by atoms with Crippen molar-refractivity contribution in [1.29, 1.82) is 0 Å². The first-order chi connectivity index (χ1) is 8.79. The lowest BCUT2D eigenvalue weighted by Gasteiger charge is -2.04. The minimum Gasteiger partial charge on any atom is -0.378 e. The fraction of sp³-hybridized carbons (Fsp3) is 0.357. The Morgan fingerprint density at radius 1 is 1.28 bits per heavy atom. The summed E-state index contributed by atoms with van der Waals surface area (Å²) in [5.41, 5.74) is 2.40. The zero-order valence-corrected chi connectivity index (χ0v) is 11.4. The second-order valence-electron chi connectivity index (χ2n) is 4.29. The van der Waals surface area contributed by atoms with Crippen LogP contribution in [0.3, 0.4) is 0 Å². The average molecular weight is 262 g/mol. The first kappa shape index (κ1) is 13.1. The Hall–Kier alpha value is -1.39. The van der Waals surface area contributed by atoms with Gasteiger partial charge in [-0.3, -0.25) is 9.78 Å². The van der Waals surface area contributed by atoms with E-state index in [4.69, 9.17) is 17.0 Å². The smallest absolute Gasteiger partial charge is 0.122 e. The molecule has 96 valence electrons. The number of ether oxygens (including phenoxy) is 1. The van der Waals surface area contributed by atoms with Crippen LogP contribution < -0.4 is 0 Å². The van der Waals surface area contributed by atoms with E-state index < -0.39 is 0 Å². The Morgan fingerprint density at radius 2 is 2.06 bits per heavy atom. The van der Waals surface area contributed by atoms with E-state index >= 15 is 0 Å². The van der Waals surface area contributed by atoms with Crippen LogP contribution in [-0.4, -0.2) is 16.9 Å². The lowest BCUT2D eigenvalue weighted by Crippen LogP contribution is -2.02. The van der Waals surface area contributed by atoms with Gasteiger partial charge in [-0.2, -0.15) is 0 Å². The van der Waals surface area contributed by atoms with Gasteiger partial charge in [0.25, 0.3) is 0 Å². The van der Waals surface area contributed by atoms with Gasteiger partial charge < -0.3 is 4.74 Å². The molecule has 2 rings (SSSR count). The highest BCUT2D eigenvalue weighted by molar-refractivity contribution is 7.71. The van der Waals surface area contributed by atoms with E-state index in [1.807, 2.05) is 16.8 Å². The van der Waals surface area contributed by atoms with Crippen molar-refractivity contribution in [2.75, 3.05) is 7.11 Å². The van der Waals surface area contributed by atoms with Gasteiger partial charge in [0.15, 0.2) is 0 Å². The minimum atomic E-state index is 0.579. The molecule has 0 fully saturated rings. The number of aryl methyl sites for hydroxylation is 2. The Morgan fingerprint density at radius 3 is 2.78 bits per heavy atom. The molecule has 1 aromatic carbocycles. The second kappa shape index (κ2) is 6.52. The summed E-state index contributed by atoms with van der Waals surface area (Å²) in [5.74, 6) is 0. The standard InChI is InChI=1S/C14H18N2OS/c1-17-11-13-10-14(18)16(15-13)9-5-8-12-6-3-2-4-7-12/h2-4,6-7,10,15H,5,8-9,11H2,1H3. The molecule has 0 saturated carbocycles. The fourth-order valence-corrected chi connectivity index (χ4v) is 2.25. The van der Waals surface area contributed by atoms with Crippen molar-refractivity contribution in [3.05, 3.63) is 52.3 Å². The molecular weight excluding hydrogens is 244 g/mol. The molecule has 0 aliphatic carbocycles. The van der Waals surface area contributed by atoms with Crippen LogP contribution in [-0.2, 0) is 24.3 Å². The number of nitrogens with zero attached hydrogens (tertiary/aromatic N) is 1. The molecule has 0 unspecified atom stereocenters. The predicted molar refractivity (Wildman–Crippen MR) is 75.1 cm³/mol. The molecule has 0 aliphatic rings. The zero-order chi connectivity index (χ0) is 12.8. The third kappa shape index (κ3) is 3.55. The molecule has 1 heterocycles. The van der Waals surface area contributed by atoms with E-state index in [9.17, 15) is 0 Å². The van der Waals surface area contributed by atoms with E-state index in [0.29, 0.717) is 6.61 Å². The molecule has 0 saturated heterocycles. The van der Waals surface area contributed by atoms with Gasteiger partial charge >= 0.3 is 0 Å². The van der Waals surface area contributed by atoms with Crippen LogP contribution in [0.15, 0.2) is 36.4 Å². The number of aromatic amines is 1. The molecule has 4 heteroatoms. The quantitative estimate of drug-likeness (QED) is 0.809. The number of H-pyrrole nitrogens is 1. The highest BCUT2D eigenvalue weighted by Crippen LogP contribution is 2.06. The van der Waals surface area contributed by atoms with Crippen molar-refractivity contribution >= 4 is 12.2 Å². The molecule has 0 amide bonds. The summed E-state index contributed by atoms with van der Waals surface area (Å²) in [6, 6.07) is 12.5. The highest BCUT2D eigenvalue weighted by Gasteiger charge is 2.00. The second-order valence-corrected chi connectivity index (χ2v) is 4.71. The van der Waals surface area contributed by atoms with E-state index in [1.54, 1.807) is 7.11 Å². The maximum atomic E-state index is 5.29. The van der Waals surface area contributed by atoms with E-state index in [0.717, 1.165) is 29.7 Å². The summed E-state index contributed by atoms with van der Waals surface area (Å²) in [6.45, 7) is 1.49. The largest absolute Gasteiger partial charge is 0.378 e. The maximum absolute atomic E-state index is 5.29. The summed E-state index contributed by atoms with van der Waals surface area (Å²) >= 11 is 5.29. The fourth-order valence-electron chi connectivity index (χ4n) is 1.97. The van der Waals surface area contributed by atoms with Crippen LogP contribution in [0.25, 0.3) is 0 Å². The zero-order valence-electron chi connectivity index (χ0n) is 10.6. The van der Waals surface area contributed by atoms with Crippen LogP contribution in [0.2, 0.25) is 0 Å². The van der Waals surface area contributed by atoms with Gasteiger partial charge in [-0.05, 0) is 24.5 Å². The summed E-state index contributed by atoms with van der Waals surface area (Å²) in [4.78, 5) is 0. The SMILES string of the molecule is COCc1cc(=S)n(CCCc2ccccc2)[nH]1. The Kier molecular flexibility index (Phi) is 4.73. The normalized spacial score (nSPS) is 10.7. The van der Waals surface area contributed by atoms with Crippen LogP contribution in [0.1, 0.15) is 17.7 Å². The van der Waals surface area contributed by atoms with Crippen molar-refractivity contribution in [2.45, 2.75) is 26.0 Å². The molecule has 18 heavy (non-hydrogen) atoms. The number of nitrogens with one attached hydrogen (secondary N) is 1. The summed E-state index contributed by atoms with van der Waals surface area (Å²) < 4.78 is 7.93. The maximum Gasteiger partial charge on any atom is 0.122 e. The number of hydrogen-bond donors (Lipinski definition) is 1. The van der Waals surface area contributed by atoms with Gasteiger partial charge in [-0.15, -0.1) is 0 Å². The van der Waals surface area contributed by atoms with E-state index in [-0.39, 0.29) is 0 Å². The molecule has 1 N–H and O–H groups in total. The van der Waals surface area contributed by atoms with E-state index in [2.05, 4.69) is 29.4 Å². The lowest BCUT2D eigenvalue weighted by molar-refractivity contribution is 0.180. The highest BCUT2D eigenvalue weighted by atomic mass is 32.1. The molecule has 1 aromatic heterocycles. The van der Waals surface area contributed by atoms with Crippen LogP contribution in [0.5, 0.6) is 0 Å². The number of benzene rings is 1. The van der Waals surface area contributed by atoms with Gasteiger partial charge in [0.1, 0.15) is 4.64 Å². The van der Waals surface area contributed by atoms with Gasteiger partial charge in [-0.1, -0.05) is 42.5 Å². The first-order valence-electron chi connectivity index (χ1n) is 6.11. The predicted octanol–water partition coefficient (Wildman–Crippen LogP) is 3.32. The van der Waals surface area contributed by atoms with Crippen molar-refractivity contribution in [2.24, 2.45) is 0 Å². The van der Waals surface area contributed by atoms with Crippen LogP contribution >= 0.6 is 12.2 Å². The third-order valence-electron chi connectivity index (χ3n) is 2.83. The lowest BCUT2D eigenvalue weighted by atomic mass is 10.1.